The summed E-state index contributed by atoms with van der Waals surface area (Å²) in [6.07, 6.45) is 4.44. The molecule has 3 nitrogen and oxygen atoms in total. The van der Waals surface area contributed by atoms with Crippen LogP contribution in [0.1, 0.15) is 39.5 Å². The van der Waals surface area contributed by atoms with Crippen LogP contribution >= 0.6 is 0 Å². The van der Waals surface area contributed by atoms with E-state index in [1.165, 1.54) is 0 Å². The molecule has 1 aliphatic rings. The van der Waals surface area contributed by atoms with E-state index < -0.39 is 0 Å². The molecule has 0 aromatic rings. The van der Waals surface area contributed by atoms with E-state index in [2.05, 4.69) is 18.7 Å². The van der Waals surface area contributed by atoms with Gasteiger partial charge in [0.05, 0.1) is 13.2 Å². The number of carbonyl (C=O) groups is 1. The standard InChI is InChI=1S/C13H25NO2/c1-4-12(5-2)14(8-9-16-3)10-13(15)11-6-7-11/h11-12H,4-10H2,1-3H3. The van der Waals surface area contributed by atoms with Crippen molar-refractivity contribution >= 4 is 5.78 Å². The van der Waals surface area contributed by atoms with Crippen LogP contribution in [0.3, 0.4) is 0 Å². The Kier molecular flexibility index (Phi) is 5.99. The Morgan fingerprint density at radius 3 is 2.44 bits per heavy atom. The van der Waals surface area contributed by atoms with E-state index in [9.17, 15) is 4.79 Å². The zero-order chi connectivity index (χ0) is 12.0. The van der Waals surface area contributed by atoms with Gasteiger partial charge in [0.1, 0.15) is 5.78 Å². The quantitative estimate of drug-likeness (QED) is 0.604. The van der Waals surface area contributed by atoms with E-state index in [0.717, 1.165) is 32.2 Å². The van der Waals surface area contributed by atoms with Gasteiger partial charge in [-0.25, -0.2) is 0 Å². The Hall–Kier alpha value is -0.410. The van der Waals surface area contributed by atoms with Gasteiger partial charge in [-0.1, -0.05) is 13.8 Å². The van der Waals surface area contributed by atoms with Gasteiger partial charge in [-0.2, -0.15) is 0 Å². The summed E-state index contributed by atoms with van der Waals surface area (Å²) < 4.78 is 5.12. The first-order chi connectivity index (χ1) is 7.72. The molecule has 0 heterocycles. The molecule has 0 aliphatic heterocycles. The summed E-state index contributed by atoms with van der Waals surface area (Å²) in [5.41, 5.74) is 0. The first-order valence-electron chi connectivity index (χ1n) is 6.48. The van der Waals surface area contributed by atoms with E-state index in [0.29, 0.717) is 30.9 Å². The van der Waals surface area contributed by atoms with Gasteiger partial charge in [-0.15, -0.1) is 0 Å². The van der Waals surface area contributed by atoms with Crippen LogP contribution in [0.15, 0.2) is 0 Å². The molecule has 0 amide bonds. The van der Waals surface area contributed by atoms with Crippen LogP contribution < -0.4 is 0 Å². The summed E-state index contributed by atoms with van der Waals surface area (Å²) in [6.45, 7) is 6.60. The van der Waals surface area contributed by atoms with Crippen LogP contribution in [0.25, 0.3) is 0 Å². The number of ether oxygens (including phenoxy) is 1. The van der Waals surface area contributed by atoms with Gasteiger partial charge < -0.3 is 4.74 Å². The highest BCUT2D eigenvalue weighted by molar-refractivity contribution is 5.85. The fourth-order valence-electron chi connectivity index (χ4n) is 2.14. The molecule has 1 rings (SSSR count). The van der Waals surface area contributed by atoms with Crippen molar-refractivity contribution in [3.05, 3.63) is 0 Å². The summed E-state index contributed by atoms with van der Waals surface area (Å²) >= 11 is 0. The summed E-state index contributed by atoms with van der Waals surface area (Å²) in [7, 11) is 1.72. The predicted molar refractivity (Wildman–Crippen MR) is 65.6 cm³/mol. The second-order valence-corrected chi connectivity index (χ2v) is 4.67. The zero-order valence-electron chi connectivity index (χ0n) is 10.9. The largest absolute Gasteiger partial charge is 0.383 e. The third kappa shape index (κ3) is 4.22. The Morgan fingerprint density at radius 2 is 2.00 bits per heavy atom. The Balaban J connectivity index is 2.43. The number of Topliss-reactive ketones (excluding diaryl/α,β-unsaturated/α-hetero) is 1. The van der Waals surface area contributed by atoms with Gasteiger partial charge in [0.15, 0.2) is 0 Å². The van der Waals surface area contributed by atoms with Crippen molar-refractivity contribution in [3.8, 4) is 0 Å². The molecule has 0 spiro atoms. The minimum Gasteiger partial charge on any atom is -0.383 e. The average molecular weight is 227 g/mol. The number of hydrogen-bond acceptors (Lipinski definition) is 3. The first-order valence-corrected chi connectivity index (χ1v) is 6.48. The summed E-state index contributed by atoms with van der Waals surface area (Å²) in [6, 6.07) is 0.526. The van der Waals surface area contributed by atoms with Crippen LogP contribution in [-0.4, -0.2) is 43.5 Å². The lowest BCUT2D eigenvalue weighted by Gasteiger charge is -2.29. The van der Waals surface area contributed by atoms with Gasteiger partial charge in [0, 0.05) is 25.6 Å². The van der Waals surface area contributed by atoms with Crippen molar-refractivity contribution in [2.45, 2.75) is 45.6 Å². The van der Waals surface area contributed by atoms with E-state index in [-0.39, 0.29) is 0 Å². The summed E-state index contributed by atoms with van der Waals surface area (Å²) in [5, 5.41) is 0. The number of ketones is 1. The summed E-state index contributed by atoms with van der Waals surface area (Å²) in [4.78, 5) is 14.1. The van der Waals surface area contributed by atoms with Crippen molar-refractivity contribution in [3.63, 3.8) is 0 Å². The smallest absolute Gasteiger partial charge is 0.149 e. The highest BCUT2D eigenvalue weighted by Crippen LogP contribution is 2.30. The fourth-order valence-corrected chi connectivity index (χ4v) is 2.14. The molecular formula is C13H25NO2. The molecule has 0 atom stereocenters. The second-order valence-electron chi connectivity index (χ2n) is 4.67. The molecule has 1 saturated carbocycles. The molecule has 16 heavy (non-hydrogen) atoms. The maximum Gasteiger partial charge on any atom is 0.149 e. The maximum atomic E-state index is 11.8. The number of methoxy groups -OCH3 is 1. The molecule has 0 unspecified atom stereocenters. The zero-order valence-corrected chi connectivity index (χ0v) is 10.9. The molecule has 0 bridgehead atoms. The van der Waals surface area contributed by atoms with Gasteiger partial charge >= 0.3 is 0 Å². The third-order valence-electron chi connectivity index (χ3n) is 3.43. The van der Waals surface area contributed by atoms with Crippen molar-refractivity contribution < 1.29 is 9.53 Å². The number of carbonyl (C=O) groups excluding carboxylic acids is 1. The van der Waals surface area contributed by atoms with Gasteiger partial charge in [0.25, 0.3) is 0 Å². The SMILES string of the molecule is CCC(CC)N(CCOC)CC(=O)C1CC1. The van der Waals surface area contributed by atoms with Crippen molar-refractivity contribution in [2.75, 3.05) is 26.8 Å². The van der Waals surface area contributed by atoms with E-state index in [1.54, 1.807) is 7.11 Å². The summed E-state index contributed by atoms with van der Waals surface area (Å²) in [5.74, 6) is 0.808. The van der Waals surface area contributed by atoms with Crippen LogP contribution in [-0.2, 0) is 9.53 Å². The lowest BCUT2D eigenvalue weighted by atomic mass is 10.1. The van der Waals surface area contributed by atoms with Crippen LogP contribution in [0.2, 0.25) is 0 Å². The molecule has 94 valence electrons. The molecule has 0 saturated heterocycles. The molecule has 0 radical (unpaired) electrons. The molecule has 3 heteroatoms. The molecular weight excluding hydrogens is 202 g/mol. The normalized spacial score (nSPS) is 16.1. The minimum atomic E-state index is 0.374. The van der Waals surface area contributed by atoms with Gasteiger partial charge in [-0.05, 0) is 25.7 Å². The number of nitrogens with zero attached hydrogens (tertiary/aromatic N) is 1. The lowest BCUT2D eigenvalue weighted by Crippen LogP contribution is -2.41. The molecule has 1 fully saturated rings. The van der Waals surface area contributed by atoms with Gasteiger partial charge in [-0.3, -0.25) is 9.69 Å². The Labute approximate surface area is 99.1 Å². The number of hydrogen-bond donors (Lipinski definition) is 0. The van der Waals surface area contributed by atoms with E-state index in [1.807, 2.05) is 0 Å². The van der Waals surface area contributed by atoms with E-state index >= 15 is 0 Å². The molecule has 1 aliphatic carbocycles. The highest BCUT2D eigenvalue weighted by atomic mass is 16.5. The number of rotatable bonds is 9. The first kappa shape index (κ1) is 13.7. The van der Waals surface area contributed by atoms with Crippen LogP contribution in [0.4, 0.5) is 0 Å². The third-order valence-corrected chi connectivity index (χ3v) is 3.43. The lowest BCUT2D eigenvalue weighted by molar-refractivity contribution is -0.122. The maximum absolute atomic E-state index is 11.8. The predicted octanol–water partition coefficient (Wildman–Crippen LogP) is 2.10. The highest BCUT2D eigenvalue weighted by Gasteiger charge is 2.31. The van der Waals surface area contributed by atoms with Gasteiger partial charge in [0.2, 0.25) is 0 Å². The van der Waals surface area contributed by atoms with E-state index in [4.69, 9.17) is 4.74 Å². The monoisotopic (exact) mass is 227 g/mol. The topological polar surface area (TPSA) is 29.5 Å². The van der Waals surface area contributed by atoms with Crippen molar-refractivity contribution in [1.82, 2.24) is 4.90 Å². The Bertz CT molecular complexity index is 210. The van der Waals surface area contributed by atoms with Crippen molar-refractivity contribution in [2.24, 2.45) is 5.92 Å². The van der Waals surface area contributed by atoms with Crippen LogP contribution in [0.5, 0.6) is 0 Å². The minimum absolute atomic E-state index is 0.374. The van der Waals surface area contributed by atoms with Crippen LogP contribution in [0, 0.1) is 5.92 Å². The van der Waals surface area contributed by atoms with Crippen molar-refractivity contribution in [1.29, 1.82) is 0 Å². The average Bonchev–Trinajstić information content (AvgIpc) is 3.10. The molecule has 0 aromatic heterocycles. The fraction of sp³-hybridized carbons (Fsp3) is 0.923. The Morgan fingerprint density at radius 1 is 1.38 bits per heavy atom. The molecule has 0 aromatic carbocycles. The molecule has 0 N–H and O–H groups in total. The second kappa shape index (κ2) is 7.02.